The lowest BCUT2D eigenvalue weighted by Gasteiger charge is -2.29. The molecule has 1 saturated heterocycles. The molecule has 4 rings (SSSR count). The average Bonchev–Trinajstić information content (AvgIpc) is 3.20. The van der Waals surface area contributed by atoms with Gasteiger partial charge >= 0.3 is 0 Å². The van der Waals surface area contributed by atoms with Crippen molar-refractivity contribution in [3.8, 4) is 5.75 Å². The Kier molecular flexibility index (Phi) is 6.18. The van der Waals surface area contributed by atoms with E-state index in [0.717, 1.165) is 36.5 Å². The number of hydrogen-bond acceptors (Lipinski definition) is 4. The summed E-state index contributed by atoms with van der Waals surface area (Å²) in [5, 5.41) is 6.58. The van der Waals surface area contributed by atoms with Gasteiger partial charge in [0.05, 0.1) is 25.4 Å². The number of methoxy groups -OCH3 is 1. The first-order chi connectivity index (χ1) is 14.5. The van der Waals surface area contributed by atoms with Gasteiger partial charge in [0.2, 0.25) is 0 Å². The van der Waals surface area contributed by atoms with Crippen molar-refractivity contribution in [1.82, 2.24) is 9.91 Å². The number of benzene rings is 2. The van der Waals surface area contributed by atoms with Crippen LogP contribution in [0.2, 0.25) is 0 Å². The fourth-order valence-electron chi connectivity index (χ4n) is 4.52. The van der Waals surface area contributed by atoms with Crippen LogP contribution in [-0.4, -0.2) is 48.3 Å². The summed E-state index contributed by atoms with van der Waals surface area (Å²) in [6.45, 7) is 6.68. The number of carbonyl (C=O) groups is 1. The summed E-state index contributed by atoms with van der Waals surface area (Å²) < 4.78 is 5.28. The van der Waals surface area contributed by atoms with Crippen LogP contribution in [0.3, 0.4) is 0 Å². The molecular formula is C25H31N3O2. The van der Waals surface area contributed by atoms with Gasteiger partial charge in [-0.3, -0.25) is 9.69 Å². The van der Waals surface area contributed by atoms with Crippen LogP contribution in [-0.2, 0) is 4.79 Å². The van der Waals surface area contributed by atoms with Crippen LogP contribution in [0.5, 0.6) is 5.75 Å². The fraction of sp³-hybridized carbons (Fsp3) is 0.440. The van der Waals surface area contributed by atoms with E-state index in [1.807, 2.05) is 24.3 Å². The number of hydrogen-bond donors (Lipinski definition) is 0. The van der Waals surface area contributed by atoms with Crippen LogP contribution in [0.1, 0.15) is 54.0 Å². The molecule has 0 aromatic heterocycles. The SMILES string of the molecule is COc1ccc(C2=NN(C(=O)CN3CCCCC3)[C@H](c3ccc(C)cc3C)C2)cc1. The van der Waals surface area contributed by atoms with E-state index < -0.39 is 0 Å². The molecule has 30 heavy (non-hydrogen) atoms. The van der Waals surface area contributed by atoms with Crippen LogP contribution in [0.15, 0.2) is 47.6 Å². The molecule has 2 aromatic rings. The van der Waals surface area contributed by atoms with Crippen molar-refractivity contribution in [1.29, 1.82) is 0 Å². The van der Waals surface area contributed by atoms with Gasteiger partial charge in [-0.25, -0.2) is 5.01 Å². The van der Waals surface area contributed by atoms with Crippen LogP contribution in [0.25, 0.3) is 0 Å². The molecule has 5 nitrogen and oxygen atoms in total. The molecule has 1 amide bonds. The highest BCUT2D eigenvalue weighted by atomic mass is 16.5. The molecule has 0 aliphatic carbocycles. The van der Waals surface area contributed by atoms with Crippen LogP contribution in [0.4, 0.5) is 0 Å². The third-order valence-electron chi connectivity index (χ3n) is 6.18. The Hall–Kier alpha value is -2.66. The van der Waals surface area contributed by atoms with E-state index in [9.17, 15) is 4.79 Å². The Morgan fingerprint density at radius 3 is 2.47 bits per heavy atom. The second kappa shape index (κ2) is 9.00. The van der Waals surface area contributed by atoms with Crippen molar-refractivity contribution in [3.63, 3.8) is 0 Å². The molecule has 0 bridgehead atoms. The number of aryl methyl sites for hydroxylation is 2. The molecule has 5 heteroatoms. The van der Waals surface area contributed by atoms with Gasteiger partial charge in [-0.1, -0.05) is 30.2 Å². The van der Waals surface area contributed by atoms with E-state index in [1.54, 1.807) is 12.1 Å². The first-order valence-corrected chi connectivity index (χ1v) is 10.9. The van der Waals surface area contributed by atoms with Crippen LogP contribution >= 0.6 is 0 Å². The van der Waals surface area contributed by atoms with Gasteiger partial charge in [0, 0.05) is 6.42 Å². The van der Waals surface area contributed by atoms with E-state index in [2.05, 4.69) is 36.9 Å². The lowest BCUT2D eigenvalue weighted by molar-refractivity contribution is -0.134. The van der Waals surface area contributed by atoms with Crippen molar-refractivity contribution in [2.75, 3.05) is 26.7 Å². The smallest absolute Gasteiger partial charge is 0.257 e. The monoisotopic (exact) mass is 405 g/mol. The van der Waals surface area contributed by atoms with E-state index in [4.69, 9.17) is 9.84 Å². The van der Waals surface area contributed by atoms with E-state index in [1.165, 1.54) is 36.0 Å². The van der Waals surface area contributed by atoms with Crippen molar-refractivity contribution in [2.45, 2.75) is 45.6 Å². The van der Waals surface area contributed by atoms with E-state index in [0.29, 0.717) is 6.54 Å². The third kappa shape index (κ3) is 4.41. The third-order valence-corrected chi connectivity index (χ3v) is 6.18. The maximum Gasteiger partial charge on any atom is 0.257 e. The number of piperidine rings is 1. The van der Waals surface area contributed by atoms with Crippen molar-refractivity contribution < 1.29 is 9.53 Å². The number of likely N-dealkylation sites (tertiary alicyclic amines) is 1. The van der Waals surface area contributed by atoms with Crippen LogP contribution < -0.4 is 4.74 Å². The zero-order valence-electron chi connectivity index (χ0n) is 18.2. The van der Waals surface area contributed by atoms with Crippen molar-refractivity contribution in [3.05, 3.63) is 64.7 Å². The number of rotatable bonds is 5. The van der Waals surface area contributed by atoms with E-state index >= 15 is 0 Å². The average molecular weight is 406 g/mol. The molecule has 0 saturated carbocycles. The first kappa shape index (κ1) is 20.6. The van der Waals surface area contributed by atoms with Gasteiger partial charge in [-0.15, -0.1) is 0 Å². The Labute approximate surface area is 179 Å². The molecule has 2 aliphatic heterocycles. The molecule has 1 fully saturated rings. The van der Waals surface area contributed by atoms with Crippen molar-refractivity contribution in [2.24, 2.45) is 5.10 Å². The quantitative estimate of drug-likeness (QED) is 0.737. The van der Waals surface area contributed by atoms with Crippen LogP contribution in [0, 0.1) is 13.8 Å². The van der Waals surface area contributed by atoms with Gasteiger partial charge in [0.15, 0.2) is 0 Å². The van der Waals surface area contributed by atoms with Crippen molar-refractivity contribution >= 4 is 11.6 Å². The Morgan fingerprint density at radius 1 is 1.07 bits per heavy atom. The predicted octanol–water partition coefficient (Wildman–Crippen LogP) is 4.48. The lowest BCUT2D eigenvalue weighted by atomic mass is 9.94. The summed E-state index contributed by atoms with van der Waals surface area (Å²) in [6.07, 6.45) is 4.34. The highest BCUT2D eigenvalue weighted by Gasteiger charge is 2.34. The first-order valence-electron chi connectivity index (χ1n) is 10.9. The number of amides is 1. The Bertz CT molecular complexity index is 930. The maximum atomic E-state index is 13.3. The highest BCUT2D eigenvalue weighted by Crippen LogP contribution is 2.35. The minimum atomic E-state index is -0.0556. The molecule has 158 valence electrons. The molecule has 0 N–H and O–H groups in total. The van der Waals surface area contributed by atoms with Gasteiger partial charge in [0.1, 0.15) is 5.75 Å². The standard InChI is InChI=1S/C25H31N3O2/c1-18-7-12-22(19(2)15-18)24-16-23(20-8-10-21(30-3)11-9-20)26-28(24)25(29)17-27-13-5-4-6-14-27/h7-12,15,24H,4-6,13-14,16-17H2,1-3H3/t24-/m0/s1. The molecule has 0 unspecified atom stereocenters. The summed E-state index contributed by atoms with van der Waals surface area (Å²) in [5.74, 6) is 0.909. The normalized spacial score (nSPS) is 19.6. The molecule has 2 heterocycles. The largest absolute Gasteiger partial charge is 0.497 e. The van der Waals surface area contributed by atoms with Gasteiger partial charge in [-0.05, 0) is 80.7 Å². The zero-order valence-corrected chi connectivity index (χ0v) is 18.2. The topological polar surface area (TPSA) is 45.1 Å². The summed E-state index contributed by atoms with van der Waals surface area (Å²) in [5.41, 5.74) is 5.62. The van der Waals surface area contributed by atoms with E-state index in [-0.39, 0.29) is 11.9 Å². The van der Waals surface area contributed by atoms with Gasteiger partial charge < -0.3 is 4.74 Å². The second-order valence-corrected chi connectivity index (χ2v) is 8.43. The molecule has 2 aliphatic rings. The lowest BCUT2D eigenvalue weighted by Crippen LogP contribution is -2.40. The number of nitrogens with zero attached hydrogens (tertiary/aromatic N) is 3. The molecule has 1 atom stereocenters. The summed E-state index contributed by atoms with van der Waals surface area (Å²) >= 11 is 0. The highest BCUT2D eigenvalue weighted by molar-refractivity contribution is 6.03. The molecular weight excluding hydrogens is 374 g/mol. The molecule has 2 aromatic carbocycles. The Morgan fingerprint density at radius 2 is 1.80 bits per heavy atom. The fourth-order valence-corrected chi connectivity index (χ4v) is 4.52. The summed E-state index contributed by atoms with van der Waals surface area (Å²) in [6, 6.07) is 14.4. The summed E-state index contributed by atoms with van der Waals surface area (Å²) in [7, 11) is 1.67. The number of hydrazone groups is 1. The molecule has 0 radical (unpaired) electrons. The second-order valence-electron chi connectivity index (χ2n) is 8.43. The summed E-state index contributed by atoms with van der Waals surface area (Å²) in [4.78, 5) is 15.6. The minimum absolute atomic E-state index is 0.0556. The Balaban J connectivity index is 1.62. The van der Waals surface area contributed by atoms with Gasteiger partial charge in [0.25, 0.3) is 5.91 Å². The number of carbonyl (C=O) groups excluding carboxylic acids is 1. The zero-order chi connectivity index (χ0) is 21.1. The van der Waals surface area contributed by atoms with Gasteiger partial charge in [-0.2, -0.15) is 5.10 Å². The minimum Gasteiger partial charge on any atom is -0.497 e. The molecule has 0 spiro atoms. The maximum absolute atomic E-state index is 13.3. The predicted molar refractivity (Wildman–Crippen MR) is 120 cm³/mol. The number of ether oxygens (including phenoxy) is 1.